The summed E-state index contributed by atoms with van der Waals surface area (Å²) in [6.45, 7) is 1.47. The van der Waals surface area contributed by atoms with E-state index in [1.807, 2.05) is 17.5 Å². The van der Waals surface area contributed by atoms with Crippen molar-refractivity contribution in [2.45, 2.75) is 38.3 Å². The average molecular weight is 293 g/mol. The Hall–Kier alpha value is -1.24. The van der Waals surface area contributed by atoms with Crippen LogP contribution in [-0.4, -0.2) is 39.3 Å². The van der Waals surface area contributed by atoms with E-state index in [1.54, 1.807) is 11.3 Å². The Labute approximate surface area is 122 Å². The molecule has 1 aliphatic carbocycles. The van der Waals surface area contributed by atoms with E-state index in [9.17, 15) is 5.11 Å². The smallest absolute Gasteiger partial charge is 0.241 e. The summed E-state index contributed by atoms with van der Waals surface area (Å²) in [5.74, 6) is 1.29. The summed E-state index contributed by atoms with van der Waals surface area (Å²) in [5, 5.41) is 15.3. The van der Waals surface area contributed by atoms with Gasteiger partial charge in [-0.05, 0) is 24.3 Å². The van der Waals surface area contributed by atoms with Crippen molar-refractivity contribution >= 4 is 11.3 Å². The molecule has 6 heteroatoms. The predicted molar refractivity (Wildman–Crippen MR) is 77.4 cm³/mol. The molecule has 1 saturated carbocycles. The monoisotopic (exact) mass is 293 g/mol. The van der Waals surface area contributed by atoms with Crippen molar-refractivity contribution < 1.29 is 9.63 Å². The van der Waals surface area contributed by atoms with Crippen LogP contribution in [0.4, 0.5) is 0 Å². The maximum Gasteiger partial charge on any atom is 0.241 e. The highest BCUT2D eigenvalue weighted by molar-refractivity contribution is 7.13. The van der Waals surface area contributed by atoms with Gasteiger partial charge in [0.1, 0.15) is 0 Å². The zero-order valence-electron chi connectivity index (χ0n) is 11.4. The van der Waals surface area contributed by atoms with E-state index in [1.165, 1.54) is 25.7 Å². The number of aliphatic hydroxyl groups excluding tert-OH is 1. The van der Waals surface area contributed by atoms with E-state index in [0.29, 0.717) is 30.8 Å². The highest BCUT2D eigenvalue weighted by Crippen LogP contribution is 2.25. The maximum absolute atomic E-state index is 9.22. The van der Waals surface area contributed by atoms with Crippen molar-refractivity contribution in [1.82, 2.24) is 15.0 Å². The predicted octanol–water partition coefficient (Wildman–Crippen LogP) is 2.54. The number of rotatable bonds is 6. The molecule has 1 fully saturated rings. The number of aromatic nitrogens is 2. The molecule has 0 atom stereocenters. The van der Waals surface area contributed by atoms with Crippen molar-refractivity contribution in [1.29, 1.82) is 0 Å². The van der Waals surface area contributed by atoms with E-state index < -0.39 is 0 Å². The highest BCUT2D eigenvalue weighted by Gasteiger charge is 2.24. The van der Waals surface area contributed by atoms with E-state index in [-0.39, 0.29) is 6.61 Å². The second-order valence-electron chi connectivity index (χ2n) is 5.12. The largest absolute Gasteiger partial charge is 0.395 e. The molecule has 1 aliphatic rings. The Balaban J connectivity index is 1.68. The number of hydrogen-bond donors (Lipinski definition) is 1. The van der Waals surface area contributed by atoms with Crippen LogP contribution in [0, 0.1) is 0 Å². The lowest BCUT2D eigenvalue weighted by Crippen LogP contribution is -2.35. The summed E-state index contributed by atoms with van der Waals surface area (Å²) in [4.78, 5) is 7.74. The Morgan fingerprint density at radius 3 is 2.95 bits per heavy atom. The minimum atomic E-state index is 0.169. The fourth-order valence-electron chi connectivity index (χ4n) is 2.79. The third-order valence-electron chi connectivity index (χ3n) is 3.78. The van der Waals surface area contributed by atoms with Gasteiger partial charge in [0, 0.05) is 12.6 Å². The van der Waals surface area contributed by atoms with Crippen LogP contribution in [-0.2, 0) is 6.54 Å². The summed E-state index contributed by atoms with van der Waals surface area (Å²) in [7, 11) is 0. The molecular formula is C14H19N3O2S. The normalized spacial score (nSPS) is 16.3. The van der Waals surface area contributed by atoms with E-state index >= 15 is 0 Å². The van der Waals surface area contributed by atoms with E-state index in [2.05, 4.69) is 15.0 Å². The molecule has 0 radical (unpaired) electrons. The molecule has 0 amide bonds. The zero-order valence-corrected chi connectivity index (χ0v) is 12.2. The minimum absolute atomic E-state index is 0.169. The van der Waals surface area contributed by atoms with Gasteiger partial charge in [0.15, 0.2) is 0 Å². The van der Waals surface area contributed by atoms with Gasteiger partial charge in [-0.1, -0.05) is 24.1 Å². The van der Waals surface area contributed by atoms with E-state index in [4.69, 9.17) is 4.52 Å². The van der Waals surface area contributed by atoms with Crippen LogP contribution in [0.3, 0.4) is 0 Å². The summed E-state index contributed by atoms with van der Waals surface area (Å²) < 4.78 is 5.35. The Bertz CT molecular complexity index is 520. The molecule has 2 aromatic rings. The first-order chi connectivity index (χ1) is 9.86. The molecule has 108 valence electrons. The van der Waals surface area contributed by atoms with Crippen molar-refractivity contribution in [2.75, 3.05) is 13.2 Å². The van der Waals surface area contributed by atoms with Gasteiger partial charge >= 0.3 is 0 Å². The molecular weight excluding hydrogens is 274 g/mol. The fourth-order valence-corrected chi connectivity index (χ4v) is 3.44. The third kappa shape index (κ3) is 3.08. The molecule has 0 aliphatic heterocycles. The van der Waals surface area contributed by atoms with Crippen LogP contribution in [0.2, 0.25) is 0 Å². The van der Waals surface area contributed by atoms with Crippen molar-refractivity contribution in [3.8, 4) is 10.7 Å². The first-order valence-corrected chi connectivity index (χ1v) is 7.96. The molecule has 1 N–H and O–H groups in total. The Kier molecular flexibility index (Phi) is 4.44. The van der Waals surface area contributed by atoms with Gasteiger partial charge in [-0.15, -0.1) is 11.3 Å². The van der Waals surface area contributed by atoms with Gasteiger partial charge in [0.25, 0.3) is 0 Å². The molecule has 0 bridgehead atoms. The molecule has 3 rings (SSSR count). The van der Waals surface area contributed by atoms with Gasteiger partial charge in [-0.2, -0.15) is 4.98 Å². The van der Waals surface area contributed by atoms with Gasteiger partial charge in [0.2, 0.25) is 11.7 Å². The summed E-state index contributed by atoms with van der Waals surface area (Å²) >= 11 is 1.61. The first-order valence-electron chi connectivity index (χ1n) is 7.08. The van der Waals surface area contributed by atoms with Crippen LogP contribution >= 0.6 is 11.3 Å². The topological polar surface area (TPSA) is 62.4 Å². The van der Waals surface area contributed by atoms with Crippen molar-refractivity contribution in [3.05, 3.63) is 23.4 Å². The fraction of sp³-hybridized carbons (Fsp3) is 0.571. The number of nitrogens with zero attached hydrogens (tertiary/aromatic N) is 3. The molecule has 0 unspecified atom stereocenters. The number of aliphatic hydroxyl groups is 1. The second-order valence-corrected chi connectivity index (χ2v) is 6.07. The van der Waals surface area contributed by atoms with Gasteiger partial charge in [0.05, 0.1) is 18.0 Å². The Morgan fingerprint density at radius 1 is 1.40 bits per heavy atom. The molecule has 0 aromatic carbocycles. The molecule has 2 aromatic heterocycles. The van der Waals surface area contributed by atoms with E-state index in [0.717, 1.165) is 4.88 Å². The van der Waals surface area contributed by atoms with Crippen LogP contribution in [0.25, 0.3) is 10.7 Å². The van der Waals surface area contributed by atoms with Crippen molar-refractivity contribution in [3.63, 3.8) is 0 Å². The second kappa shape index (κ2) is 6.47. The lowest BCUT2D eigenvalue weighted by molar-refractivity contribution is 0.130. The average Bonchev–Trinajstić information content (AvgIpc) is 3.20. The van der Waals surface area contributed by atoms with Crippen LogP contribution in [0.1, 0.15) is 31.6 Å². The number of hydrogen-bond acceptors (Lipinski definition) is 6. The lowest BCUT2D eigenvalue weighted by atomic mass is 10.2. The first kappa shape index (κ1) is 13.7. The number of thiophene rings is 1. The summed E-state index contributed by atoms with van der Waals surface area (Å²) in [6.07, 6.45) is 4.95. The van der Waals surface area contributed by atoms with Crippen LogP contribution in [0.15, 0.2) is 22.0 Å². The molecule has 0 spiro atoms. The third-order valence-corrected chi connectivity index (χ3v) is 4.64. The minimum Gasteiger partial charge on any atom is -0.395 e. The molecule has 0 saturated heterocycles. The molecule has 2 heterocycles. The SMILES string of the molecule is OCCN(Cc1nc(-c2cccs2)no1)C1CCCC1. The lowest BCUT2D eigenvalue weighted by Gasteiger charge is -2.26. The van der Waals surface area contributed by atoms with Gasteiger partial charge < -0.3 is 9.63 Å². The van der Waals surface area contributed by atoms with Gasteiger partial charge in [-0.25, -0.2) is 0 Å². The van der Waals surface area contributed by atoms with Crippen LogP contribution < -0.4 is 0 Å². The maximum atomic E-state index is 9.22. The zero-order chi connectivity index (χ0) is 13.8. The van der Waals surface area contributed by atoms with Crippen LogP contribution in [0.5, 0.6) is 0 Å². The van der Waals surface area contributed by atoms with Crippen molar-refractivity contribution in [2.24, 2.45) is 0 Å². The Morgan fingerprint density at radius 2 is 2.25 bits per heavy atom. The standard InChI is InChI=1S/C14H19N3O2S/c18-8-7-17(11-4-1-2-5-11)10-13-15-14(16-19-13)12-6-3-9-20-12/h3,6,9,11,18H,1-2,4-5,7-8,10H2. The molecule has 20 heavy (non-hydrogen) atoms. The molecule has 5 nitrogen and oxygen atoms in total. The highest BCUT2D eigenvalue weighted by atomic mass is 32.1. The summed E-state index contributed by atoms with van der Waals surface area (Å²) in [5.41, 5.74) is 0. The van der Waals surface area contributed by atoms with Gasteiger partial charge in [-0.3, -0.25) is 4.90 Å². The summed E-state index contributed by atoms with van der Waals surface area (Å²) in [6, 6.07) is 4.51. The quantitative estimate of drug-likeness (QED) is 0.886.